The minimum atomic E-state index is -0.524. The zero-order valence-electron chi connectivity index (χ0n) is 20.3. The third-order valence-corrected chi connectivity index (χ3v) is 5.37. The fraction of sp³-hybridized carbons (Fsp3) is 0.269. The predicted octanol–water partition coefficient (Wildman–Crippen LogP) is 3.09. The van der Waals surface area contributed by atoms with Gasteiger partial charge in [-0.1, -0.05) is 44.5 Å². The standard InChI is InChI=1S/C26H28ClN5O4/c1-26(2,3)25(36)30-20-10-6-18(7-11-20)24(35)29-15-14-28-22(33)16-32-23(34)13-12-21(31-32)17-4-8-19(27)9-5-17/h4-13H,14-16H2,1-3H3,(H,28,33)(H,29,35)(H,30,36). The molecule has 188 valence electrons. The van der Waals surface area contributed by atoms with Gasteiger partial charge in [-0.2, -0.15) is 5.10 Å². The van der Waals surface area contributed by atoms with Gasteiger partial charge in [0.15, 0.2) is 0 Å². The number of carbonyl (C=O) groups excluding carboxylic acids is 3. The smallest absolute Gasteiger partial charge is 0.267 e. The van der Waals surface area contributed by atoms with Gasteiger partial charge in [0.25, 0.3) is 11.5 Å². The van der Waals surface area contributed by atoms with Crippen LogP contribution < -0.4 is 21.5 Å². The van der Waals surface area contributed by atoms with E-state index in [1.807, 2.05) is 20.8 Å². The van der Waals surface area contributed by atoms with E-state index >= 15 is 0 Å². The van der Waals surface area contributed by atoms with E-state index in [4.69, 9.17) is 11.6 Å². The van der Waals surface area contributed by atoms with Crippen LogP contribution in [-0.2, 0) is 16.1 Å². The number of halogens is 1. The molecule has 1 heterocycles. The van der Waals surface area contributed by atoms with Crippen LogP contribution in [0, 0.1) is 5.41 Å². The van der Waals surface area contributed by atoms with Gasteiger partial charge < -0.3 is 16.0 Å². The number of rotatable bonds is 8. The van der Waals surface area contributed by atoms with Crippen molar-refractivity contribution in [3.8, 4) is 11.3 Å². The highest BCUT2D eigenvalue weighted by atomic mass is 35.5. The fourth-order valence-electron chi connectivity index (χ4n) is 3.03. The Bertz CT molecular complexity index is 1300. The number of hydrogen-bond donors (Lipinski definition) is 3. The number of benzene rings is 2. The second-order valence-electron chi connectivity index (χ2n) is 9.11. The molecule has 0 aliphatic heterocycles. The highest BCUT2D eigenvalue weighted by molar-refractivity contribution is 6.30. The Morgan fingerprint density at radius 3 is 2.17 bits per heavy atom. The second kappa shape index (κ2) is 11.6. The molecule has 36 heavy (non-hydrogen) atoms. The molecule has 0 bridgehead atoms. The highest BCUT2D eigenvalue weighted by Crippen LogP contribution is 2.19. The van der Waals surface area contributed by atoms with Crippen molar-refractivity contribution in [1.29, 1.82) is 0 Å². The van der Waals surface area contributed by atoms with E-state index in [1.54, 1.807) is 54.6 Å². The summed E-state index contributed by atoms with van der Waals surface area (Å²) in [7, 11) is 0. The third kappa shape index (κ3) is 7.51. The molecule has 0 aliphatic carbocycles. The zero-order valence-corrected chi connectivity index (χ0v) is 21.1. The molecule has 0 fully saturated rings. The largest absolute Gasteiger partial charge is 0.353 e. The van der Waals surface area contributed by atoms with E-state index in [0.29, 0.717) is 22.0 Å². The summed E-state index contributed by atoms with van der Waals surface area (Å²) in [5.41, 5.74) is 1.39. The summed E-state index contributed by atoms with van der Waals surface area (Å²) < 4.78 is 1.08. The number of nitrogens with one attached hydrogen (secondary N) is 3. The van der Waals surface area contributed by atoms with Crippen molar-refractivity contribution in [2.75, 3.05) is 18.4 Å². The molecule has 0 atom stereocenters. The molecular formula is C26H28ClN5O4. The monoisotopic (exact) mass is 509 g/mol. The minimum absolute atomic E-state index is 0.121. The minimum Gasteiger partial charge on any atom is -0.353 e. The van der Waals surface area contributed by atoms with Crippen LogP contribution in [0.3, 0.4) is 0 Å². The van der Waals surface area contributed by atoms with Crippen LogP contribution in [0.2, 0.25) is 5.02 Å². The molecule has 2 aromatic carbocycles. The molecule has 9 nitrogen and oxygen atoms in total. The SMILES string of the molecule is CC(C)(C)C(=O)Nc1ccc(C(=O)NCCNC(=O)Cn2nc(-c3ccc(Cl)cc3)ccc2=O)cc1. The van der Waals surface area contributed by atoms with Crippen molar-refractivity contribution in [3.05, 3.63) is 81.6 Å². The first kappa shape index (κ1) is 26.6. The molecule has 1 aromatic heterocycles. The van der Waals surface area contributed by atoms with Crippen LogP contribution in [0.1, 0.15) is 31.1 Å². The molecule has 0 saturated carbocycles. The van der Waals surface area contributed by atoms with E-state index in [2.05, 4.69) is 21.0 Å². The molecule has 0 aliphatic rings. The molecule has 3 rings (SSSR count). The normalized spacial score (nSPS) is 11.0. The van der Waals surface area contributed by atoms with Crippen molar-refractivity contribution < 1.29 is 14.4 Å². The quantitative estimate of drug-likeness (QED) is 0.403. The van der Waals surface area contributed by atoms with Crippen molar-refractivity contribution in [1.82, 2.24) is 20.4 Å². The third-order valence-electron chi connectivity index (χ3n) is 5.12. The molecular weight excluding hydrogens is 482 g/mol. The van der Waals surface area contributed by atoms with Gasteiger partial charge in [0.2, 0.25) is 11.8 Å². The van der Waals surface area contributed by atoms with Crippen LogP contribution in [-0.4, -0.2) is 40.6 Å². The number of amides is 3. The van der Waals surface area contributed by atoms with E-state index in [0.717, 1.165) is 10.2 Å². The molecule has 0 radical (unpaired) electrons. The van der Waals surface area contributed by atoms with E-state index in [9.17, 15) is 19.2 Å². The van der Waals surface area contributed by atoms with E-state index in [-0.39, 0.29) is 31.4 Å². The number of aromatic nitrogens is 2. The molecule has 3 amide bonds. The second-order valence-corrected chi connectivity index (χ2v) is 9.55. The van der Waals surface area contributed by atoms with Crippen LogP contribution in [0.5, 0.6) is 0 Å². The van der Waals surface area contributed by atoms with Crippen LogP contribution in [0.15, 0.2) is 65.5 Å². The van der Waals surface area contributed by atoms with Crippen LogP contribution in [0.25, 0.3) is 11.3 Å². The summed E-state index contributed by atoms with van der Waals surface area (Å²) in [6.45, 7) is 5.56. The number of nitrogens with zero attached hydrogens (tertiary/aromatic N) is 2. The first-order chi connectivity index (χ1) is 17.0. The average Bonchev–Trinajstić information content (AvgIpc) is 2.83. The Balaban J connectivity index is 1.46. The van der Waals surface area contributed by atoms with Gasteiger partial charge in [0.05, 0.1) is 5.69 Å². The Morgan fingerprint density at radius 1 is 0.889 bits per heavy atom. The summed E-state index contributed by atoms with van der Waals surface area (Å²) in [6, 6.07) is 16.4. The van der Waals surface area contributed by atoms with Crippen molar-refractivity contribution in [2.24, 2.45) is 5.41 Å². The van der Waals surface area contributed by atoms with Crippen LogP contribution >= 0.6 is 11.6 Å². The van der Waals surface area contributed by atoms with E-state index < -0.39 is 16.9 Å². The average molecular weight is 510 g/mol. The summed E-state index contributed by atoms with van der Waals surface area (Å²) >= 11 is 5.91. The zero-order chi connectivity index (χ0) is 26.3. The van der Waals surface area contributed by atoms with Gasteiger partial charge in [-0.25, -0.2) is 4.68 Å². The fourth-order valence-corrected chi connectivity index (χ4v) is 3.16. The topological polar surface area (TPSA) is 122 Å². The van der Waals surface area contributed by atoms with Gasteiger partial charge in [-0.05, 0) is 42.5 Å². The molecule has 0 unspecified atom stereocenters. The van der Waals surface area contributed by atoms with Crippen molar-refractivity contribution in [2.45, 2.75) is 27.3 Å². The maximum absolute atomic E-state index is 12.3. The summed E-state index contributed by atoms with van der Waals surface area (Å²) in [5, 5.41) is 13.0. The lowest BCUT2D eigenvalue weighted by Gasteiger charge is -2.17. The number of carbonyl (C=O) groups is 3. The first-order valence-corrected chi connectivity index (χ1v) is 11.7. The Morgan fingerprint density at radius 2 is 1.53 bits per heavy atom. The summed E-state index contributed by atoms with van der Waals surface area (Å²) in [6.07, 6.45) is 0. The molecule has 0 spiro atoms. The maximum atomic E-state index is 12.3. The van der Waals surface area contributed by atoms with Gasteiger partial charge in [-0.3, -0.25) is 19.2 Å². The Labute approximate surface area is 213 Å². The number of hydrogen-bond acceptors (Lipinski definition) is 5. The first-order valence-electron chi connectivity index (χ1n) is 11.3. The van der Waals surface area contributed by atoms with Crippen molar-refractivity contribution >= 4 is 35.0 Å². The highest BCUT2D eigenvalue weighted by Gasteiger charge is 2.21. The predicted molar refractivity (Wildman–Crippen MR) is 139 cm³/mol. The van der Waals surface area contributed by atoms with Gasteiger partial charge >= 0.3 is 0 Å². The van der Waals surface area contributed by atoms with Crippen LogP contribution in [0.4, 0.5) is 5.69 Å². The van der Waals surface area contributed by atoms with Gasteiger partial charge in [0.1, 0.15) is 6.54 Å². The maximum Gasteiger partial charge on any atom is 0.267 e. The lowest BCUT2D eigenvalue weighted by Crippen LogP contribution is -2.38. The lowest BCUT2D eigenvalue weighted by molar-refractivity contribution is -0.123. The summed E-state index contributed by atoms with van der Waals surface area (Å²) in [5.74, 6) is -0.845. The summed E-state index contributed by atoms with van der Waals surface area (Å²) in [4.78, 5) is 48.8. The van der Waals surface area contributed by atoms with Gasteiger partial charge in [-0.15, -0.1) is 0 Å². The lowest BCUT2D eigenvalue weighted by atomic mass is 9.95. The van der Waals surface area contributed by atoms with E-state index in [1.165, 1.54) is 6.07 Å². The van der Waals surface area contributed by atoms with Crippen molar-refractivity contribution in [3.63, 3.8) is 0 Å². The Kier molecular flexibility index (Phi) is 8.60. The molecule has 3 N–H and O–H groups in total. The molecule has 3 aromatic rings. The number of anilines is 1. The molecule has 0 saturated heterocycles. The van der Waals surface area contributed by atoms with Gasteiger partial charge in [0, 0.05) is 46.4 Å². The molecule has 10 heteroatoms. The Hall–Kier alpha value is -3.98.